The molecule has 130 valence electrons. The van der Waals surface area contributed by atoms with Crippen LogP contribution in [0.1, 0.15) is 17.5 Å². The molecule has 0 amide bonds. The first kappa shape index (κ1) is 17.5. The fraction of sp³-hybridized carbons (Fsp3) is 0.211. The molecule has 0 aliphatic rings. The van der Waals surface area contributed by atoms with Gasteiger partial charge in [0.15, 0.2) is 0 Å². The Morgan fingerprint density at radius 3 is 2.68 bits per heavy atom. The van der Waals surface area contributed by atoms with Crippen molar-refractivity contribution in [3.8, 4) is 11.1 Å². The van der Waals surface area contributed by atoms with Gasteiger partial charge < -0.3 is 15.4 Å². The molecule has 3 aromatic rings. The zero-order chi connectivity index (χ0) is 18.0. The molecule has 0 radical (unpaired) electrons. The average molecular weight is 360 g/mol. The van der Waals surface area contributed by atoms with Gasteiger partial charge in [-0.25, -0.2) is 8.78 Å². The Bertz CT molecular complexity index is 921. The number of halogens is 2. The number of nitrogens with two attached hydrogens (primary N) is 1. The lowest BCUT2D eigenvalue weighted by atomic mass is 10.0. The van der Waals surface area contributed by atoms with Crippen LogP contribution in [-0.4, -0.2) is 21.1 Å². The van der Waals surface area contributed by atoms with E-state index in [2.05, 4.69) is 0 Å². The van der Waals surface area contributed by atoms with Crippen molar-refractivity contribution in [1.29, 1.82) is 0 Å². The first-order chi connectivity index (χ1) is 12.0. The highest BCUT2D eigenvalue weighted by Gasteiger charge is 2.13. The summed E-state index contributed by atoms with van der Waals surface area (Å²) in [7, 11) is 0. The van der Waals surface area contributed by atoms with E-state index in [4.69, 9.17) is 18.0 Å². The number of nitrogens with zero attached hydrogens (tertiary/aromatic N) is 1. The molecule has 0 saturated heterocycles. The van der Waals surface area contributed by atoms with Crippen molar-refractivity contribution in [3.05, 3.63) is 59.8 Å². The molecule has 3 nitrogen and oxygen atoms in total. The molecule has 0 aliphatic carbocycles. The molecule has 0 saturated carbocycles. The maximum absolute atomic E-state index is 12.7. The van der Waals surface area contributed by atoms with Gasteiger partial charge in [-0.3, -0.25) is 0 Å². The molecule has 0 fully saturated rings. The maximum Gasteiger partial charge on any atom is 0.240 e. The van der Waals surface area contributed by atoms with E-state index in [1.807, 2.05) is 53.2 Å². The minimum absolute atomic E-state index is 0.0950. The second-order valence-electron chi connectivity index (χ2n) is 5.87. The van der Waals surface area contributed by atoms with E-state index in [1.54, 1.807) is 0 Å². The normalized spacial score (nSPS) is 11.4. The predicted molar refractivity (Wildman–Crippen MR) is 99.8 cm³/mol. The number of aromatic nitrogens is 1. The summed E-state index contributed by atoms with van der Waals surface area (Å²) in [6, 6.07) is 13.1. The highest BCUT2D eigenvalue weighted by Crippen LogP contribution is 2.32. The summed E-state index contributed by atoms with van der Waals surface area (Å²) in [6.07, 6.45) is -0.716. The number of rotatable bonds is 6. The summed E-state index contributed by atoms with van der Waals surface area (Å²) in [6.45, 7) is 0.111. The Kier molecular flexibility index (Phi) is 5.11. The number of fused-ring (bicyclic) bond motifs is 1. The van der Waals surface area contributed by atoms with Crippen molar-refractivity contribution in [2.24, 2.45) is 5.73 Å². The highest BCUT2D eigenvalue weighted by atomic mass is 32.1. The van der Waals surface area contributed by atoms with Gasteiger partial charge in [-0.05, 0) is 23.3 Å². The van der Waals surface area contributed by atoms with E-state index in [0.29, 0.717) is 4.99 Å². The van der Waals surface area contributed by atoms with E-state index >= 15 is 0 Å². The Hall–Kier alpha value is -2.31. The van der Waals surface area contributed by atoms with Gasteiger partial charge >= 0.3 is 0 Å². The zero-order valence-electron chi connectivity index (χ0n) is 13.5. The Labute approximate surface area is 149 Å². The lowest BCUT2D eigenvalue weighted by Gasteiger charge is -2.05. The van der Waals surface area contributed by atoms with Crippen LogP contribution in [0, 0.1) is 0 Å². The standard InChI is InChI=1S/C19H18F2N2OS/c20-18(21)6-7-23-10-16(13-2-1-3-14(9-13)19(22)25)15-5-4-12(11-24)8-17(15)23/h1-5,8-10,18,24H,6-7,11H2,(H2,22,25). The summed E-state index contributed by atoms with van der Waals surface area (Å²) >= 11 is 5.04. The number of hydrogen-bond acceptors (Lipinski definition) is 2. The largest absolute Gasteiger partial charge is 0.392 e. The molecule has 1 heterocycles. The maximum atomic E-state index is 12.7. The molecule has 6 heteroatoms. The summed E-state index contributed by atoms with van der Waals surface area (Å²) in [5, 5.41) is 10.3. The van der Waals surface area contributed by atoms with E-state index < -0.39 is 6.43 Å². The van der Waals surface area contributed by atoms with E-state index in [1.165, 1.54) is 0 Å². The molecule has 3 rings (SSSR count). The summed E-state index contributed by atoms with van der Waals surface area (Å²) < 4.78 is 27.1. The molecule has 1 aromatic heterocycles. The fourth-order valence-electron chi connectivity index (χ4n) is 2.93. The third kappa shape index (κ3) is 3.70. The quantitative estimate of drug-likeness (QED) is 0.651. The van der Waals surface area contributed by atoms with Gasteiger partial charge in [-0.15, -0.1) is 0 Å². The molecular formula is C19H18F2N2OS. The van der Waals surface area contributed by atoms with Crippen LogP contribution in [0.3, 0.4) is 0 Å². The first-order valence-electron chi connectivity index (χ1n) is 7.90. The molecular weight excluding hydrogens is 342 g/mol. The van der Waals surface area contributed by atoms with Crippen LogP contribution in [0.2, 0.25) is 0 Å². The summed E-state index contributed by atoms with van der Waals surface area (Å²) in [5.41, 5.74) is 9.88. The predicted octanol–water partition coefficient (Wildman–Crippen LogP) is 4.09. The topological polar surface area (TPSA) is 51.2 Å². The molecule has 0 aliphatic heterocycles. The minimum Gasteiger partial charge on any atom is -0.392 e. The lowest BCUT2D eigenvalue weighted by Crippen LogP contribution is -2.08. The Morgan fingerprint density at radius 2 is 2.00 bits per heavy atom. The van der Waals surface area contributed by atoms with Crippen LogP contribution >= 0.6 is 12.2 Å². The van der Waals surface area contributed by atoms with Crippen molar-refractivity contribution in [1.82, 2.24) is 4.57 Å². The number of hydrogen-bond donors (Lipinski definition) is 2. The molecule has 2 aromatic carbocycles. The van der Waals surface area contributed by atoms with Gasteiger partial charge in [-0.1, -0.05) is 42.5 Å². The summed E-state index contributed by atoms with van der Waals surface area (Å²) in [5.74, 6) is 0. The molecule has 0 bridgehead atoms. The van der Waals surface area contributed by atoms with Gasteiger partial charge in [0.25, 0.3) is 0 Å². The van der Waals surface area contributed by atoms with Crippen LogP contribution in [0.4, 0.5) is 8.78 Å². The monoisotopic (exact) mass is 360 g/mol. The van der Waals surface area contributed by atoms with Crippen molar-refractivity contribution >= 4 is 28.1 Å². The Morgan fingerprint density at radius 1 is 1.20 bits per heavy atom. The smallest absolute Gasteiger partial charge is 0.240 e. The van der Waals surface area contributed by atoms with Crippen molar-refractivity contribution in [3.63, 3.8) is 0 Å². The van der Waals surface area contributed by atoms with Crippen molar-refractivity contribution in [2.45, 2.75) is 26.0 Å². The van der Waals surface area contributed by atoms with Gasteiger partial charge in [0.05, 0.1) is 6.61 Å². The van der Waals surface area contributed by atoms with Crippen molar-refractivity contribution in [2.75, 3.05) is 0 Å². The zero-order valence-corrected chi connectivity index (χ0v) is 14.3. The lowest BCUT2D eigenvalue weighted by molar-refractivity contribution is 0.132. The van der Waals surface area contributed by atoms with E-state index in [0.717, 1.165) is 33.2 Å². The number of aliphatic hydroxyl groups excluding tert-OH is 1. The first-order valence-corrected chi connectivity index (χ1v) is 8.31. The SMILES string of the molecule is NC(=S)c1cccc(-c2cn(CCC(F)F)c3cc(CO)ccc23)c1. The molecule has 25 heavy (non-hydrogen) atoms. The molecule has 0 spiro atoms. The number of benzene rings is 2. The number of aryl methyl sites for hydroxylation is 1. The second kappa shape index (κ2) is 7.29. The molecule has 3 N–H and O–H groups in total. The van der Waals surface area contributed by atoms with Crippen LogP contribution < -0.4 is 5.73 Å². The fourth-order valence-corrected chi connectivity index (χ4v) is 3.05. The molecule has 0 unspecified atom stereocenters. The number of alkyl halides is 2. The third-order valence-electron chi connectivity index (χ3n) is 4.18. The third-order valence-corrected chi connectivity index (χ3v) is 4.41. The Balaban J connectivity index is 2.14. The second-order valence-corrected chi connectivity index (χ2v) is 6.31. The van der Waals surface area contributed by atoms with E-state index in [9.17, 15) is 13.9 Å². The van der Waals surface area contributed by atoms with Gasteiger partial charge in [-0.2, -0.15) is 0 Å². The minimum atomic E-state index is -2.36. The van der Waals surface area contributed by atoms with Crippen LogP contribution in [0.5, 0.6) is 0 Å². The summed E-state index contributed by atoms with van der Waals surface area (Å²) in [4.78, 5) is 0.311. The van der Waals surface area contributed by atoms with Gasteiger partial charge in [0.2, 0.25) is 6.43 Å². The van der Waals surface area contributed by atoms with Crippen LogP contribution in [-0.2, 0) is 13.2 Å². The van der Waals surface area contributed by atoms with Gasteiger partial charge in [0.1, 0.15) is 4.99 Å². The highest BCUT2D eigenvalue weighted by molar-refractivity contribution is 7.80. The van der Waals surface area contributed by atoms with Crippen LogP contribution in [0.25, 0.3) is 22.0 Å². The van der Waals surface area contributed by atoms with Crippen LogP contribution in [0.15, 0.2) is 48.7 Å². The average Bonchev–Trinajstić information content (AvgIpc) is 2.97. The van der Waals surface area contributed by atoms with Crippen molar-refractivity contribution < 1.29 is 13.9 Å². The number of thiocarbonyl (C=S) groups is 1. The van der Waals surface area contributed by atoms with Gasteiger partial charge in [0, 0.05) is 41.2 Å². The van der Waals surface area contributed by atoms with E-state index in [-0.39, 0.29) is 19.6 Å². The molecule has 0 atom stereocenters. The number of aliphatic hydroxyl groups is 1.